The fourth-order valence-electron chi connectivity index (χ4n) is 3.34. The first-order chi connectivity index (χ1) is 14.3. The van der Waals surface area contributed by atoms with Crippen LogP contribution in [0.2, 0.25) is 0 Å². The summed E-state index contributed by atoms with van der Waals surface area (Å²) in [5.74, 6) is -1.04. The number of aryl methyl sites for hydroxylation is 1. The van der Waals surface area contributed by atoms with Crippen LogP contribution in [0.1, 0.15) is 64.0 Å². The van der Waals surface area contributed by atoms with Gasteiger partial charge in [-0.05, 0) is 63.6 Å². The summed E-state index contributed by atoms with van der Waals surface area (Å²) >= 11 is 1.40. The maximum atomic E-state index is 12.7. The summed E-state index contributed by atoms with van der Waals surface area (Å²) in [6.45, 7) is 7.49. The standard InChI is InChI=1S/C22H26N2O5S/c1-5-28-22(27)18-16-9-6-12(2)10-17(16)30-20(18)24-19(25)14(4)29-21(26)15-8-7-13(3)23-11-15/h7-8,11-12,14H,5-6,9-10H2,1-4H3,(H,24,25). The second-order valence-corrected chi connectivity index (χ2v) is 8.61. The Balaban J connectivity index is 1.75. The van der Waals surface area contributed by atoms with Gasteiger partial charge in [0, 0.05) is 16.8 Å². The molecule has 160 valence electrons. The zero-order chi connectivity index (χ0) is 21.8. The zero-order valence-corrected chi connectivity index (χ0v) is 18.4. The topological polar surface area (TPSA) is 94.6 Å². The Morgan fingerprint density at radius 1 is 1.30 bits per heavy atom. The molecule has 0 aromatic carbocycles. The Labute approximate surface area is 179 Å². The number of thiophene rings is 1. The molecule has 2 aromatic heterocycles. The van der Waals surface area contributed by atoms with Gasteiger partial charge in [0.05, 0.1) is 17.7 Å². The minimum Gasteiger partial charge on any atom is -0.462 e. The van der Waals surface area contributed by atoms with Crippen molar-refractivity contribution in [3.05, 3.63) is 45.6 Å². The molecule has 0 spiro atoms. The number of nitrogens with one attached hydrogen (secondary N) is 1. The summed E-state index contributed by atoms with van der Waals surface area (Å²) in [4.78, 5) is 42.7. The van der Waals surface area contributed by atoms with Crippen LogP contribution in [0.5, 0.6) is 0 Å². The van der Waals surface area contributed by atoms with E-state index in [-0.39, 0.29) is 12.2 Å². The number of fused-ring (bicyclic) bond motifs is 1. The minimum absolute atomic E-state index is 0.256. The van der Waals surface area contributed by atoms with Crippen molar-refractivity contribution in [1.29, 1.82) is 0 Å². The molecule has 2 unspecified atom stereocenters. The molecule has 1 aliphatic rings. The fourth-order valence-corrected chi connectivity index (χ4v) is 4.74. The van der Waals surface area contributed by atoms with Crippen molar-refractivity contribution in [2.45, 2.75) is 53.1 Å². The van der Waals surface area contributed by atoms with Gasteiger partial charge in [-0.25, -0.2) is 9.59 Å². The van der Waals surface area contributed by atoms with Crippen LogP contribution in [0, 0.1) is 12.8 Å². The van der Waals surface area contributed by atoms with E-state index in [1.165, 1.54) is 24.5 Å². The minimum atomic E-state index is -1.04. The summed E-state index contributed by atoms with van der Waals surface area (Å²) in [6, 6.07) is 3.30. The lowest BCUT2D eigenvalue weighted by Gasteiger charge is -2.18. The molecule has 0 bridgehead atoms. The SMILES string of the molecule is CCOC(=O)c1c(NC(=O)C(C)OC(=O)c2ccc(C)nc2)sc2c1CCC(C)C2. The first kappa shape index (κ1) is 22.0. The Hall–Kier alpha value is -2.74. The van der Waals surface area contributed by atoms with Crippen LogP contribution in [0.25, 0.3) is 0 Å². The molecule has 2 heterocycles. The third-order valence-corrected chi connectivity index (χ3v) is 6.20. The molecule has 1 aliphatic carbocycles. The molecule has 2 aromatic rings. The molecule has 0 aliphatic heterocycles. The van der Waals surface area contributed by atoms with E-state index in [0.29, 0.717) is 16.5 Å². The molecular weight excluding hydrogens is 404 g/mol. The summed E-state index contributed by atoms with van der Waals surface area (Å²) in [6.07, 6.45) is 3.01. The number of hydrogen-bond acceptors (Lipinski definition) is 7. The Bertz CT molecular complexity index is 951. The highest BCUT2D eigenvalue weighted by Crippen LogP contribution is 2.40. The number of pyridine rings is 1. The van der Waals surface area contributed by atoms with Crippen molar-refractivity contribution in [1.82, 2.24) is 4.98 Å². The van der Waals surface area contributed by atoms with Crippen LogP contribution < -0.4 is 5.32 Å². The van der Waals surface area contributed by atoms with Gasteiger partial charge in [-0.3, -0.25) is 9.78 Å². The van der Waals surface area contributed by atoms with E-state index in [9.17, 15) is 14.4 Å². The van der Waals surface area contributed by atoms with Crippen molar-refractivity contribution >= 4 is 34.2 Å². The van der Waals surface area contributed by atoms with Gasteiger partial charge in [0.15, 0.2) is 6.10 Å². The van der Waals surface area contributed by atoms with Gasteiger partial charge in [-0.2, -0.15) is 0 Å². The molecule has 3 rings (SSSR count). The number of carbonyl (C=O) groups excluding carboxylic acids is 3. The maximum Gasteiger partial charge on any atom is 0.341 e. The second-order valence-electron chi connectivity index (χ2n) is 7.50. The lowest BCUT2D eigenvalue weighted by Crippen LogP contribution is -2.30. The largest absolute Gasteiger partial charge is 0.462 e. The first-order valence-corrected chi connectivity index (χ1v) is 10.9. The van der Waals surface area contributed by atoms with Crippen LogP contribution in [0.4, 0.5) is 5.00 Å². The smallest absolute Gasteiger partial charge is 0.341 e. The van der Waals surface area contributed by atoms with E-state index in [1.54, 1.807) is 19.1 Å². The average Bonchev–Trinajstić information content (AvgIpc) is 3.05. The Morgan fingerprint density at radius 3 is 2.73 bits per heavy atom. The summed E-state index contributed by atoms with van der Waals surface area (Å²) in [5.41, 5.74) is 2.44. The predicted molar refractivity (Wildman–Crippen MR) is 114 cm³/mol. The van der Waals surface area contributed by atoms with Crippen LogP contribution in [-0.4, -0.2) is 35.5 Å². The molecule has 0 radical (unpaired) electrons. The van der Waals surface area contributed by atoms with E-state index >= 15 is 0 Å². The molecule has 2 atom stereocenters. The molecular formula is C22H26N2O5S. The maximum absolute atomic E-state index is 12.7. The second kappa shape index (κ2) is 9.38. The number of esters is 2. The molecule has 0 fully saturated rings. The lowest BCUT2D eigenvalue weighted by molar-refractivity contribution is -0.123. The summed E-state index contributed by atoms with van der Waals surface area (Å²) < 4.78 is 10.5. The van der Waals surface area contributed by atoms with E-state index in [0.717, 1.165) is 35.4 Å². The molecule has 8 heteroatoms. The van der Waals surface area contributed by atoms with Gasteiger partial charge in [-0.1, -0.05) is 6.92 Å². The molecule has 7 nitrogen and oxygen atoms in total. The molecule has 30 heavy (non-hydrogen) atoms. The van der Waals surface area contributed by atoms with Gasteiger partial charge < -0.3 is 14.8 Å². The van der Waals surface area contributed by atoms with E-state index in [4.69, 9.17) is 9.47 Å². The third-order valence-electron chi connectivity index (χ3n) is 5.03. The van der Waals surface area contributed by atoms with Crippen LogP contribution in [0.3, 0.4) is 0 Å². The van der Waals surface area contributed by atoms with E-state index in [1.807, 2.05) is 6.92 Å². The highest BCUT2D eigenvalue weighted by molar-refractivity contribution is 7.17. The van der Waals surface area contributed by atoms with Gasteiger partial charge in [0.1, 0.15) is 5.00 Å². The lowest BCUT2D eigenvalue weighted by atomic mass is 9.88. The van der Waals surface area contributed by atoms with Crippen molar-refractivity contribution in [2.75, 3.05) is 11.9 Å². The molecule has 1 N–H and O–H groups in total. The fraction of sp³-hybridized carbons (Fsp3) is 0.455. The van der Waals surface area contributed by atoms with E-state index < -0.39 is 23.9 Å². The first-order valence-electron chi connectivity index (χ1n) is 10.1. The molecule has 1 amide bonds. The number of ether oxygens (including phenoxy) is 2. The number of carbonyl (C=O) groups is 3. The summed E-state index contributed by atoms with van der Waals surface area (Å²) in [7, 11) is 0. The highest BCUT2D eigenvalue weighted by atomic mass is 32.1. The molecule has 0 saturated heterocycles. The normalized spacial score (nSPS) is 16.3. The quantitative estimate of drug-likeness (QED) is 0.698. The van der Waals surface area contributed by atoms with Crippen molar-refractivity contribution < 1.29 is 23.9 Å². The van der Waals surface area contributed by atoms with Crippen LogP contribution >= 0.6 is 11.3 Å². The van der Waals surface area contributed by atoms with Crippen molar-refractivity contribution in [2.24, 2.45) is 5.92 Å². The number of nitrogens with zero attached hydrogens (tertiary/aromatic N) is 1. The van der Waals surface area contributed by atoms with Gasteiger partial charge >= 0.3 is 11.9 Å². The van der Waals surface area contributed by atoms with Crippen molar-refractivity contribution in [3.8, 4) is 0 Å². The van der Waals surface area contributed by atoms with Crippen LogP contribution in [-0.2, 0) is 27.1 Å². The van der Waals surface area contributed by atoms with Crippen LogP contribution in [0.15, 0.2) is 18.3 Å². The molecule has 0 saturated carbocycles. The zero-order valence-electron chi connectivity index (χ0n) is 17.6. The number of hydrogen-bond donors (Lipinski definition) is 1. The monoisotopic (exact) mass is 430 g/mol. The Morgan fingerprint density at radius 2 is 2.07 bits per heavy atom. The van der Waals surface area contributed by atoms with Gasteiger partial charge in [-0.15, -0.1) is 11.3 Å². The number of anilines is 1. The number of aromatic nitrogens is 1. The highest BCUT2D eigenvalue weighted by Gasteiger charge is 2.30. The summed E-state index contributed by atoms with van der Waals surface area (Å²) in [5, 5.41) is 3.23. The third kappa shape index (κ3) is 4.87. The van der Waals surface area contributed by atoms with E-state index in [2.05, 4.69) is 17.2 Å². The number of rotatable bonds is 6. The Kier molecular flexibility index (Phi) is 6.87. The number of amides is 1. The predicted octanol–water partition coefficient (Wildman–Crippen LogP) is 3.94. The average molecular weight is 431 g/mol. The van der Waals surface area contributed by atoms with Crippen molar-refractivity contribution in [3.63, 3.8) is 0 Å². The van der Waals surface area contributed by atoms with Gasteiger partial charge in [0.2, 0.25) is 0 Å². The van der Waals surface area contributed by atoms with Gasteiger partial charge in [0.25, 0.3) is 5.91 Å².